The molecule has 1 aromatic carbocycles. The first-order chi connectivity index (χ1) is 12.4. The molecule has 144 valence electrons. The van der Waals surface area contributed by atoms with E-state index in [4.69, 9.17) is 9.47 Å². The first-order valence-corrected chi connectivity index (χ1v) is 8.88. The molecule has 2 rings (SSSR count). The Morgan fingerprint density at radius 3 is 2.27 bits per heavy atom. The Kier molecular flexibility index (Phi) is 6.85. The lowest BCUT2D eigenvalue weighted by Gasteiger charge is -2.30. The Bertz CT molecular complexity index is 619. The summed E-state index contributed by atoms with van der Waals surface area (Å²) in [5.74, 6) is 0.618. The minimum absolute atomic E-state index is 0.0317. The number of benzene rings is 1. The minimum atomic E-state index is -0.592. The quantitative estimate of drug-likeness (QED) is 0.763. The fourth-order valence-electron chi connectivity index (χ4n) is 3.05. The molecule has 2 unspecified atom stereocenters. The first kappa shape index (κ1) is 20.0. The van der Waals surface area contributed by atoms with Crippen LogP contribution in [0.5, 0.6) is 11.5 Å². The topological polar surface area (TPSA) is 79.9 Å². The maximum atomic E-state index is 12.9. The lowest BCUT2D eigenvalue weighted by molar-refractivity contribution is -0.134. The number of rotatable bonds is 7. The van der Waals surface area contributed by atoms with E-state index in [2.05, 4.69) is 10.6 Å². The highest BCUT2D eigenvalue weighted by molar-refractivity contribution is 5.98. The Balaban J connectivity index is 2.16. The van der Waals surface area contributed by atoms with E-state index in [1.807, 2.05) is 13.8 Å². The van der Waals surface area contributed by atoms with Gasteiger partial charge in [0.1, 0.15) is 17.5 Å². The average molecular weight is 363 g/mol. The number of hydrogen-bond donors (Lipinski definition) is 2. The highest BCUT2D eigenvalue weighted by Crippen LogP contribution is 2.23. The van der Waals surface area contributed by atoms with Crippen molar-refractivity contribution < 1.29 is 19.1 Å². The number of nitrogens with one attached hydrogen (secondary N) is 2. The van der Waals surface area contributed by atoms with E-state index >= 15 is 0 Å². The molecule has 1 aliphatic rings. The zero-order valence-electron chi connectivity index (χ0n) is 16.2. The molecule has 0 bridgehead atoms. The Labute approximate surface area is 155 Å². The molecular weight excluding hydrogens is 334 g/mol. The SMILES string of the molecule is COc1cc(OC)cc(C(=O)NC(C(=O)N(C)C2CCNC2)C(C)C)c1. The van der Waals surface area contributed by atoms with E-state index in [9.17, 15) is 9.59 Å². The molecule has 0 saturated carbocycles. The molecule has 2 amide bonds. The summed E-state index contributed by atoms with van der Waals surface area (Å²) in [6.07, 6.45) is 0.925. The number of ether oxygens (including phenoxy) is 2. The van der Waals surface area contributed by atoms with Gasteiger partial charge in [0.05, 0.1) is 14.2 Å². The Morgan fingerprint density at radius 1 is 1.19 bits per heavy atom. The molecule has 0 radical (unpaired) electrons. The molecule has 1 heterocycles. The Morgan fingerprint density at radius 2 is 1.81 bits per heavy atom. The van der Waals surface area contributed by atoms with Crippen molar-refractivity contribution in [2.45, 2.75) is 32.4 Å². The van der Waals surface area contributed by atoms with Crippen molar-refractivity contribution in [3.8, 4) is 11.5 Å². The van der Waals surface area contributed by atoms with Crippen LogP contribution in [0.25, 0.3) is 0 Å². The van der Waals surface area contributed by atoms with Crippen LogP contribution in [0, 0.1) is 5.92 Å². The van der Waals surface area contributed by atoms with Gasteiger partial charge >= 0.3 is 0 Å². The molecule has 0 spiro atoms. The van der Waals surface area contributed by atoms with E-state index in [1.54, 1.807) is 30.1 Å². The zero-order chi connectivity index (χ0) is 19.3. The maximum Gasteiger partial charge on any atom is 0.252 e. The minimum Gasteiger partial charge on any atom is -0.497 e. The Hall–Kier alpha value is -2.28. The molecule has 0 aliphatic carbocycles. The second-order valence-corrected chi connectivity index (χ2v) is 6.89. The second-order valence-electron chi connectivity index (χ2n) is 6.89. The van der Waals surface area contributed by atoms with Crippen LogP contribution in [0.2, 0.25) is 0 Å². The highest BCUT2D eigenvalue weighted by Gasteiger charge is 2.31. The molecule has 1 aliphatic heterocycles. The van der Waals surface area contributed by atoms with Crippen LogP contribution in [0.1, 0.15) is 30.6 Å². The monoisotopic (exact) mass is 363 g/mol. The summed E-state index contributed by atoms with van der Waals surface area (Å²) >= 11 is 0. The van der Waals surface area contributed by atoms with Gasteiger partial charge in [0.25, 0.3) is 5.91 Å². The maximum absolute atomic E-state index is 12.9. The summed E-state index contributed by atoms with van der Waals surface area (Å²) in [5.41, 5.74) is 0.393. The van der Waals surface area contributed by atoms with Gasteiger partial charge in [0, 0.05) is 31.3 Å². The molecular formula is C19H29N3O4. The van der Waals surface area contributed by atoms with E-state index in [0.717, 1.165) is 19.5 Å². The molecule has 1 saturated heterocycles. The third-order valence-electron chi connectivity index (χ3n) is 4.76. The molecule has 0 aromatic heterocycles. The number of nitrogens with zero attached hydrogens (tertiary/aromatic N) is 1. The fourth-order valence-corrected chi connectivity index (χ4v) is 3.05. The summed E-state index contributed by atoms with van der Waals surface area (Å²) < 4.78 is 10.4. The largest absolute Gasteiger partial charge is 0.497 e. The van der Waals surface area contributed by atoms with E-state index in [-0.39, 0.29) is 23.8 Å². The molecule has 7 heteroatoms. The van der Waals surface area contributed by atoms with Crippen molar-refractivity contribution in [2.75, 3.05) is 34.4 Å². The van der Waals surface area contributed by atoms with Crippen LogP contribution in [0.15, 0.2) is 18.2 Å². The predicted octanol–water partition coefficient (Wildman–Crippen LogP) is 1.28. The van der Waals surface area contributed by atoms with Gasteiger partial charge in [0.2, 0.25) is 5.91 Å². The van der Waals surface area contributed by atoms with Gasteiger partial charge in [-0.05, 0) is 31.0 Å². The van der Waals surface area contributed by atoms with Crippen LogP contribution in [0.3, 0.4) is 0 Å². The van der Waals surface area contributed by atoms with Crippen LogP contribution in [0.4, 0.5) is 0 Å². The molecule has 26 heavy (non-hydrogen) atoms. The normalized spacial score (nSPS) is 17.7. The van der Waals surface area contributed by atoms with Gasteiger partial charge in [0.15, 0.2) is 0 Å². The number of carbonyl (C=O) groups excluding carboxylic acids is 2. The number of amides is 2. The molecule has 1 fully saturated rings. The summed E-state index contributed by atoms with van der Waals surface area (Å²) in [6.45, 7) is 5.55. The van der Waals surface area contributed by atoms with Gasteiger partial charge in [-0.25, -0.2) is 0 Å². The summed E-state index contributed by atoms with van der Waals surface area (Å²) in [6, 6.07) is 4.53. The van der Waals surface area contributed by atoms with E-state index in [1.165, 1.54) is 14.2 Å². The van der Waals surface area contributed by atoms with Crippen LogP contribution in [-0.2, 0) is 4.79 Å². The second kappa shape index (κ2) is 8.89. The van der Waals surface area contributed by atoms with E-state index < -0.39 is 6.04 Å². The average Bonchev–Trinajstić information content (AvgIpc) is 3.18. The molecule has 2 atom stereocenters. The van der Waals surface area contributed by atoms with Crippen LogP contribution >= 0.6 is 0 Å². The third kappa shape index (κ3) is 4.66. The summed E-state index contributed by atoms with van der Waals surface area (Å²) in [7, 11) is 4.86. The van der Waals surface area contributed by atoms with Crippen LogP contribution < -0.4 is 20.1 Å². The standard InChI is InChI=1S/C19H29N3O4/c1-12(2)17(19(24)22(3)14-6-7-20-11-14)21-18(23)13-8-15(25-4)10-16(9-13)26-5/h8-10,12,14,17,20H,6-7,11H2,1-5H3,(H,21,23). The number of methoxy groups -OCH3 is 2. The fraction of sp³-hybridized carbons (Fsp3) is 0.579. The van der Waals surface area contributed by atoms with Crippen molar-refractivity contribution in [2.24, 2.45) is 5.92 Å². The first-order valence-electron chi connectivity index (χ1n) is 8.88. The number of hydrogen-bond acceptors (Lipinski definition) is 5. The molecule has 2 N–H and O–H groups in total. The third-order valence-corrected chi connectivity index (χ3v) is 4.76. The van der Waals surface area contributed by atoms with Gasteiger partial charge in [-0.2, -0.15) is 0 Å². The summed E-state index contributed by atoms with van der Waals surface area (Å²) in [4.78, 5) is 27.4. The number of carbonyl (C=O) groups is 2. The van der Waals surface area contributed by atoms with Crippen molar-refractivity contribution in [1.82, 2.24) is 15.5 Å². The lowest BCUT2D eigenvalue weighted by atomic mass is 10.0. The van der Waals surface area contributed by atoms with Gasteiger partial charge in [-0.1, -0.05) is 13.8 Å². The highest BCUT2D eigenvalue weighted by atomic mass is 16.5. The smallest absolute Gasteiger partial charge is 0.252 e. The van der Waals surface area contributed by atoms with Crippen molar-refractivity contribution in [3.05, 3.63) is 23.8 Å². The molecule has 7 nitrogen and oxygen atoms in total. The predicted molar refractivity (Wildman–Crippen MR) is 99.7 cm³/mol. The van der Waals surface area contributed by atoms with Crippen LogP contribution in [-0.4, -0.2) is 63.2 Å². The van der Waals surface area contributed by atoms with Gasteiger partial charge in [-0.15, -0.1) is 0 Å². The van der Waals surface area contributed by atoms with Gasteiger partial charge in [-0.3, -0.25) is 9.59 Å². The lowest BCUT2D eigenvalue weighted by Crippen LogP contribution is -2.53. The van der Waals surface area contributed by atoms with Gasteiger partial charge < -0.3 is 25.0 Å². The van der Waals surface area contributed by atoms with Crippen molar-refractivity contribution in [3.63, 3.8) is 0 Å². The van der Waals surface area contributed by atoms with Crippen molar-refractivity contribution in [1.29, 1.82) is 0 Å². The molecule has 1 aromatic rings. The zero-order valence-corrected chi connectivity index (χ0v) is 16.2. The van der Waals surface area contributed by atoms with E-state index in [0.29, 0.717) is 17.1 Å². The summed E-state index contributed by atoms with van der Waals surface area (Å²) in [5, 5.41) is 6.14. The number of likely N-dealkylation sites (N-methyl/N-ethyl adjacent to an activating group) is 1. The van der Waals surface area contributed by atoms with Crippen molar-refractivity contribution >= 4 is 11.8 Å².